The van der Waals surface area contributed by atoms with Gasteiger partial charge in [-0.05, 0) is 29.8 Å². The molecule has 30 heavy (non-hydrogen) atoms. The number of carbonyl (C=O) groups excluding carboxylic acids is 4. The molecule has 9 heteroatoms. The minimum atomic E-state index is -0.377. The highest BCUT2D eigenvalue weighted by Crippen LogP contribution is 2.23. The van der Waals surface area contributed by atoms with Crippen LogP contribution in [0.3, 0.4) is 0 Å². The number of anilines is 2. The van der Waals surface area contributed by atoms with Gasteiger partial charge in [-0.2, -0.15) is 5.10 Å². The molecule has 4 rings (SSSR count). The molecule has 0 aliphatic carbocycles. The van der Waals surface area contributed by atoms with Crippen molar-refractivity contribution < 1.29 is 19.2 Å². The van der Waals surface area contributed by atoms with E-state index in [2.05, 4.69) is 10.4 Å². The third kappa shape index (κ3) is 4.25. The van der Waals surface area contributed by atoms with E-state index in [0.29, 0.717) is 11.4 Å². The Labute approximate surface area is 176 Å². The quantitative estimate of drug-likeness (QED) is 0.799. The van der Waals surface area contributed by atoms with Crippen molar-refractivity contribution >= 4 is 51.8 Å². The van der Waals surface area contributed by atoms with Gasteiger partial charge in [0.1, 0.15) is 5.71 Å². The number of rotatable bonds is 5. The van der Waals surface area contributed by atoms with Gasteiger partial charge >= 0.3 is 0 Å². The summed E-state index contributed by atoms with van der Waals surface area (Å²) >= 11 is 0.998. The molecule has 2 aliphatic heterocycles. The molecular weight excluding hydrogens is 404 g/mol. The number of nitrogens with one attached hydrogen (secondary N) is 1. The lowest BCUT2D eigenvalue weighted by molar-refractivity contribution is -0.125. The fraction of sp³-hybridized carbons (Fsp3) is 0.190. The predicted molar refractivity (Wildman–Crippen MR) is 114 cm³/mol. The molecule has 0 radical (unpaired) electrons. The first-order valence-electron chi connectivity index (χ1n) is 9.34. The van der Waals surface area contributed by atoms with E-state index < -0.39 is 0 Å². The highest BCUT2D eigenvalue weighted by molar-refractivity contribution is 8.14. The first-order valence-corrected chi connectivity index (χ1v) is 10.3. The standard InChI is InChI=1S/C21H18N4O4S/c26-18-11-10-17(23-25(18)16-4-2-1-3-5-16)20(28)22-15-8-6-14(7-9-15)12-24-19(27)13-30-21(24)29/h1-9H,10-13H2,(H,22,28). The van der Waals surface area contributed by atoms with E-state index in [1.807, 2.05) is 6.07 Å². The molecule has 0 spiro atoms. The van der Waals surface area contributed by atoms with Crippen molar-refractivity contribution in [3.63, 3.8) is 0 Å². The minimum absolute atomic E-state index is 0.161. The van der Waals surface area contributed by atoms with Crippen LogP contribution in [0.2, 0.25) is 0 Å². The van der Waals surface area contributed by atoms with Gasteiger partial charge in [0, 0.05) is 18.5 Å². The first-order chi connectivity index (χ1) is 14.5. The molecule has 0 atom stereocenters. The zero-order valence-corrected chi connectivity index (χ0v) is 16.7. The lowest BCUT2D eigenvalue weighted by Crippen LogP contribution is -2.36. The van der Waals surface area contributed by atoms with E-state index in [9.17, 15) is 19.2 Å². The number of benzene rings is 2. The third-order valence-corrected chi connectivity index (χ3v) is 5.55. The Bertz CT molecular complexity index is 1020. The van der Waals surface area contributed by atoms with Crippen molar-refractivity contribution in [2.24, 2.45) is 5.10 Å². The average Bonchev–Trinajstić information content (AvgIpc) is 3.08. The molecule has 1 N–H and O–H groups in total. The SMILES string of the molecule is O=C(Nc1ccc(CN2C(=O)CSC2=O)cc1)C1=NN(c2ccccc2)C(=O)CC1. The Kier molecular flexibility index (Phi) is 5.62. The van der Waals surface area contributed by atoms with E-state index in [0.717, 1.165) is 17.3 Å². The molecule has 2 aromatic carbocycles. The zero-order valence-electron chi connectivity index (χ0n) is 15.9. The smallest absolute Gasteiger partial charge is 0.289 e. The summed E-state index contributed by atoms with van der Waals surface area (Å²) in [4.78, 5) is 49.4. The highest BCUT2D eigenvalue weighted by atomic mass is 32.2. The van der Waals surface area contributed by atoms with Gasteiger partial charge in [0.15, 0.2) is 0 Å². The van der Waals surface area contributed by atoms with Crippen LogP contribution in [0.4, 0.5) is 16.2 Å². The molecule has 1 fully saturated rings. The summed E-state index contributed by atoms with van der Waals surface area (Å²) in [5, 5.41) is 8.02. The van der Waals surface area contributed by atoms with E-state index in [1.165, 1.54) is 9.91 Å². The highest BCUT2D eigenvalue weighted by Gasteiger charge is 2.30. The second-order valence-electron chi connectivity index (χ2n) is 6.77. The van der Waals surface area contributed by atoms with Crippen LogP contribution >= 0.6 is 11.8 Å². The van der Waals surface area contributed by atoms with Crippen molar-refractivity contribution in [2.45, 2.75) is 19.4 Å². The van der Waals surface area contributed by atoms with Crippen molar-refractivity contribution in [3.8, 4) is 0 Å². The largest absolute Gasteiger partial charge is 0.321 e. The summed E-state index contributed by atoms with van der Waals surface area (Å²) < 4.78 is 0. The van der Waals surface area contributed by atoms with Crippen molar-refractivity contribution in [1.82, 2.24) is 4.90 Å². The molecule has 0 unspecified atom stereocenters. The number of hydrazone groups is 1. The molecule has 8 nitrogen and oxygen atoms in total. The van der Waals surface area contributed by atoms with Crippen LogP contribution < -0.4 is 10.3 Å². The van der Waals surface area contributed by atoms with Crippen LogP contribution in [0, 0.1) is 0 Å². The number of imide groups is 1. The summed E-state index contributed by atoms with van der Waals surface area (Å²) in [7, 11) is 0. The van der Waals surface area contributed by atoms with Gasteiger partial charge in [0.2, 0.25) is 11.8 Å². The monoisotopic (exact) mass is 422 g/mol. The molecular formula is C21H18N4O4S. The number of carbonyl (C=O) groups is 4. The summed E-state index contributed by atoms with van der Waals surface area (Å²) in [6.07, 6.45) is 0.471. The van der Waals surface area contributed by atoms with Crippen LogP contribution in [0.15, 0.2) is 59.7 Å². The van der Waals surface area contributed by atoms with Gasteiger partial charge in [0.05, 0.1) is 18.0 Å². The zero-order chi connectivity index (χ0) is 21.1. The van der Waals surface area contributed by atoms with Gasteiger partial charge < -0.3 is 5.32 Å². The number of amides is 4. The number of hydrogen-bond donors (Lipinski definition) is 1. The fourth-order valence-electron chi connectivity index (χ4n) is 3.10. The second kappa shape index (κ2) is 8.50. The van der Waals surface area contributed by atoms with Gasteiger partial charge in [-0.25, -0.2) is 5.01 Å². The number of hydrogen-bond acceptors (Lipinski definition) is 6. The average molecular weight is 422 g/mol. The molecule has 4 amide bonds. The summed E-state index contributed by atoms with van der Waals surface area (Å²) in [6.45, 7) is 0.208. The van der Waals surface area contributed by atoms with Gasteiger partial charge in [-0.1, -0.05) is 42.1 Å². The molecule has 2 aromatic rings. The molecule has 152 valence electrons. The maximum absolute atomic E-state index is 12.6. The lowest BCUT2D eigenvalue weighted by Gasteiger charge is -2.23. The molecule has 0 saturated carbocycles. The Hall–Kier alpha value is -3.46. The Balaban J connectivity index is 1.43. The van der Waals surface area contributed by atoms with Crippen LogP contribution in [-0.2, 0) is 20.9 Å². The predicted octanol–water partition coefficient (Wildman–Crippen LogP) is 3.00. The Morgan fingerprint density at radius 3 is 2.37 bits per heavy atom. The Morgan fingerprint density at radius 2 is 1.70 bits per heavy atom. The van der Waals surface area contributed by atoms with E-state index in [4.69, 9.17) is 0 Å². The molecule has 2 heterocycles. The molecule has 2 aliphatic rings. The maximum atomic E-state index is 12.6. The topological polar surface area (TPSA) is 99.2 Å². The van der Waals surface area contributed by atoms with Gasteiger partial charge in [-0.3, -0.25) is 24.1 Å². The fourth-order valence-corrected chi connectivity index (χ4v) is 3.83. The summed E-state index contributed by atoms with van der Waals surface area (Å²) in [5.74, 6) is -0.559. The number of nitrogens with zero attached hydrogens (tertiary/aromatic N) is 3. The second-order valence-corrected chi connectivity index (χ2v) is 7.70. The number of para-hydroxylation sites is 1. The first kappa shape index (κ1) is 19.8. The van der Waals surface area contributed by atoms with Crippen LogP contribution in [0.25, 0.3) is 0 Å². The maximum Gasteiger partial charge on any atom is 0.289 e. The van der Waals surface area contributed by atoms with E-state index in [1.54, 1.807) is 48.5 Å². The molecule has 1 saturated heterocycles. The van der Waals surface area contributed by atoms with E-state index >= 15 is 0 Å². The molecule has 0 bridgehead atoms. The van der Waals surface area contributed by atoms with Crippen molar-refractivity contribution in [1.29, 1.82) is 0 Å². The van der Waals surface area contributed by atoms with Crippen LogP contribution in [-0.4, -0.2) is 39.3 Å². The van der Waals surface area contributed by atoms with E-state index in [-0.39, 0.29) is 53.8 Å². The normalized spacial score (nSPS) is 16.7. The minimum Gasteiger partial charge on any atom is -0.321 e. The Morgan fingerprint density at radius 1 is 0.967 bits per heavy atom. The summed E-state index contributed by atoms with van der Waals surface area (Å²) in [6, 6.07) is 15.9. The van der Waals surface area contributed by atoms with Crippen molar-refractivity contribution in [2.75, 3.05) is 16.1 Å². The van der Waals surface area contributed by atoms with Gasteiger partial charge in [0.25, 0.3) is 11.1 Å². The van der Waals surface area contributed by atoms with Crippen LogP contribution in [0.5, 0.6) is 0 Å². The van der Waals surface area contributed by atoms with Gasteiger partial charge in [-0.15, -0.1) is 0 Å². The van der Waals surface area contributed by atoms with Crippen molar-refractivity contribution in [3.05, 3.63) is 60.2 Å². The number of thioether (sulfide) groups is 1. The third-order valence-electron chi connectivity index (χ3n) is 4.69. The summed E-state index contributed by atoms with van der Waals surface area (Å²) in [5.41, 5.74) is 2.23. The lowest BCUT2D eigenvalue weighted by atomic mass is 10.1. The molecule has 0 aromatic heterocycles. The van der Waals surface area contributed by atoms with Crippen LogP contribution in [0.1, 0.15) is 18.4 Å².